The number of hydrogen-bond donors (Lipinski definition) is 0. The lowest BCUT2D eigenvalue weighted by molar-refractivity contribution is 0.0350. The lowest BCUT2D eigenvalue weighted by Gasteiger charge is -2.46. The molecular weight excluding hydrogens is 216 g/mol. The van der Waals surface area contributed by atoms with E-state index in [-0.39, 0.29) is 0 Å². The Balaban J connectivity index is 1.55. The van der Waals surface area contributed by atoms with Crippen molar-refractivity contribution in [2.75, 3.05) is 0 Å². The predicted octanol–water partition coefficient (Wildman–Crippen LogP) is 5.13. The van der Waals surface area contributed by atoms with Crippen LogP contribution in [0.15, 0.2) is 0 Å². The summed E-state index contributed by atoms with van der Waals surface area (Å²) >= 11 is 0. The van der Waals surface area contributed by atoms with Crippen molar-refractivity contribution in [3.63, 3.8) is 0 Å². The van der Waals surface area contributed by atoms with Crippen molar-refractivity contribution in [1.82, 2.24) is 0 Å². The van der Waals surface area contributed by atoms with Gasteiger partial charge in [-0.3, -0.25) is 0 Å². The van der Waals surface area contributed by atoms with Crippen LogP contribution in [0.3, 0.4) is 0 Å². The standard InChI is InChI=1S/C18H30/c1-11-15-5-3-13(7-15)9-17(11)18-10-14-4-6-16(8-14)12(18)2/h11-18H,3-10H2,1-2H3. The summed E-state index contributed by atoms with van der Waals surface area (Å²) in [5.74, 6) is 8.79. The van der Waals surface area contributed by atoms with Crippen molar-refractivity contribution in [3.8, 4) is 0 Å². The quantitative estimate of drug-likeness (QED) is 0.601. The summed E-state index contributed by atoms with van der Waals surface area (Å²) in [7, 11) is 0. The van der Waals surface area contributed by atoms with Gasteiger partial charge in [-0.2, -0.15) is 0 Å². The second-order valence-corrected chi connectivity index (χ2v) is 8.40. The van der Waals surface area contributed by atoms with Gasteiger partial charge >= 0.3 is 0 Å². The molecule has 8 unspecified atom stereocenters. The van der Waals surface area contributed by atoms with Gasteiger partial charge in [0.05, 0.1) is 0 Å². The lowest BCUT2D eigenvalue weighted by atomic mass is 9.60. The summed E-state index contributed by atoms with van der Waals surface area (Å²) in [5, 5.41) is 0. The minimum atomic E-state index is 1.05. The Labute approximate surface area is 113 Å². The molecule has 0 amide bonds. The first-order chi connectivity index (χ1) is 8.72. The number of hydrogen-bond acceptors (Lipinski definition) is 0. The topological polar surface area (TPSA) is 0 Å². The SMILES string of the molecule is CC1C2CCC(C2)CC1C1CC2CCC(C2)C1C. The van der Waals surface area contributed by atoms with Crippen LogP contribution in [-0.4, -0.2) is 0 Å². The summed E-state index contributed by atoms with van der Waals surface area (Å²) in [4.78, 5) is 0. The fourth-order valence-corrected chi connectivity index (χ4v) is 6.64. The van der Waals surface area contributed by atoms with Gasteiger partial charge < -0.3 is 0 Å². The maximum Gasteiger partial charge on any atom is -0.0352 e. The van der Waals surface area contributed by atoms with E-state index in [1.807, 2.05) is 0 Å². The first kappa shape index (κ1) is 11.8. The summed E-state index contributed by atoms with van der Waals surface area (Å²) in [6.07, 6.45) is 12.7. The van der Waals surface area contributed by atoms with Gasteiger partial charge in [0.25, 0.3) is 0 Å². The Morgan fingerprint density at radius 1 is 0.556 bits per heavy atom. The zero-order chi connectivity index (χ0) is 12.3. The average Bonchev–Trinajstić information content (AvgIpc) is 2.95. The molecule has 0 aliphatic heterocycles. The van der Waals surface area contributed by atoms with Crippen LogP contribution in [0.5, 0.6) is 0 Å². The molecule has 0 saturated heterocycles. The molecule has 0 spiro atoms. The van der Waals surface area contributed by atoms with Crippen molar-refractivity contribution >= 4 is 0 Å². The molecule has 0 aromatic rings. The molecule has 18 heavy (non-hydrogen) atoms. The van der Waals surface area contributed by atoms with Gasteiger partial charge in [0.15, 0.2) is 0 Å². The van der Waals surface area contributed by atoms with Gasteiger partial charge in [-0.15, -0.1) is 0 Å². The van der Waals surface area contributed by atoms with E-state index in [1.54, 1.807) is 51.4 Å². The van der Waals surface area contributed by atoms with E-state index in [1.165, 1.54) is 0 Å². The minimum absolute atomic E-state index is 1.05. The molecule has 4 rings (SSSR count). The van der Waals surface area contributed by atoms with Gasteiger partial charge in [-0.05, 0) is 85.9 Å². The van der Waals surface area contributed by atoms with E-state index >= 15 is 0 Å². The Bertz CT molecular complexity index is 288. The van der Waals surface area contributed by atoms with Crippen molar-refractivity contribution in [1.29, 1.82) is 0 Å². The molecule has 4 fully saturated rings. The van der Waals surface area contributed by atoms with Crippen LogP contribution in [0.25, 0.3) is 0 Å². The zero-order valence-electron chi connectivity index (χ0n) is 12.3. The highest BCUT2D eigenvalue weighted by molar-refractivity contribution is 4.98. The molecule has 4 aliphatic rings. The molecule has 4 aliphatic carbocycles. The van der Waals surface area contributed by atoms with Crippen molar-refractivity contribution in [3.05, 3.63) is 0 Å². The second kappa shape index (κ2) is 4.25. The highest BCUT2D eigenvalue weighted by Gasteiger charge is 2.48. The molecule has 0 radical (unpaired) electrons. The lowest BCUT2D eigenvalue weighted by Crippen LogP contribution is -2.38. The monoisotopic (exact) mass is 246 g/mol. The van der Waals surface area contributed by atoms with E-state index < -0.39 is 0 Å². The second-order valence-electron chi connectivity index (χ2n) is 8.40. The van der Waals surface area contributed by atoms with E-state index in [2.05, 4.69) is 13.8 Å². The molecule has 0 aromatic carbocycles. The first-order valence-electron chi connectivity index (χ1n) is 8.72. The molecule has 102 valence electrons. The fraction of sp³-hybridized carbons (Fsp3) is 1.00. The third-order valence-electron chi connectivity index (χ3n) is 7.76. The summed E-state index contributed by atoms with van der Waals surface area (Å²) < 4.78 is 0. The highest BCUT2D eigenvalue weighted by Crippen LogP contribution is 2.57. The normalized spacial score (nSPS) is 59.0. The van der Waals surface area contributed by atoms with Crippen LogP contribution in [0.4, 0.5) is 0 Å². The van der Waals surface area contributed by atoms with E-state index in [9.17, 15) is 0 Å². The predicted molar refractivity (Wildman–Crippen MR) is 76.2 cm³/mol. The molecule has 0 N–H and O–H groups in total. The highest BCUT2D eigenvalue weighted by atomic mass is 14.5. The van der Waals surface area contributed by atoms with Crippen molar-refractivity contribution < 1.29 is 0 Å². The molecule has 0 heteroatoms. The van der Waals surface area contributed by atoms with E-state index in [0.717, 1.165) is 47.3 Å². The molecule has 8 atom stereocenters. The number of fused-ring (bicyclic) bond motifs is 4. The van der Waals surface area contributed by atoms with Gasteiger partial charge in [0.1, 0.15) is 0 Å². The maximum atomic E-state index is 2.61. The summed E-state index contributed by atoms with van der Waals surface area (Å²) in [5.41, 5.74) is 0. The molecular formula is C18H30. The summed E-state index contributed by atoms with van der Waals surface area (Å²) in [6.45, 7) is 5.22. The van der Waals surface area contributed by atoms with Gasteiger partial charge in [0, 0.05) is 0 Å². The summed E-state index contributed by atoms with van der Waals surface area (Å²) in [6, 6.07) is 0. The van der Waals surface area contributed by atoms with E-state index in [0.29, 0.717) is 0 Å². The number of rotatable bonds is 1. The van der Waals surface area contributed by atoms with E-state index in [4.69, 9.17) is 0 Å². The van der Waals surface area contributed by atoms with Crippen LogP contribution in [0, 0.1) is 47.3 Å². The minimum Gasteiger partial charge on any atom is -0.0620 e. The Morgan fingerprint density at radius 2 is 1.00 bits per heavy atom. The van der Waals surface area contributed by atoms with Gasteiger partial charge in [-0.1, -0.05) is 26.7 Å². The largest absolute Gasteiger partial charge is 0.0620 e. The third kappa shape index (κ3) is 1.70. The average molecular weight is 246 g/mol. The van der Waals surface area contributed by atoms with Crippen LogP contribution >= 0.6 is 0 Å². The Kier molecular flexibility index (Phi) is 2.79. The molecule has 0 nitrogen and oxygen atoms in total. The Hall–Kier alpha value is 0. The Morgan fingerprint density at radius 3 is 1.44 bits per heavy atom. The zero-order valence-corrected chi connectivity index (χ0v) is 12.3. The van der Waals surface area contributed by atoms with Crippen molar-refractivity contribution in [2.24, 2.45) is 47.3 Å². The maximum absolute atomic E-state index is 2.61. The molecule has 4 saturated carbocycles. The van der Waals surface area contributed by atoms with Crippen LogP contribution in [0.1, 0.15) is 65.2 Å². The molecule has 0 heterocycles. The first-order valence-corrected chi connectivity index (χ1v) is 8.72. The molecule has 4 bridgehead atoms. The van der Waals surface area contributed by atoms with Crippen LogP contribution in [-0.2, 0) is 0 Å². The fourth-order valence-electron chi connectivity index (χ4n) is 6.64. The third-order valence-corrected chi connectivity index (χ3v) is 7.76. The van der Waals surface area contributed by atoms with Gasteiger partial charge in [0.2, 0.25) is 0 Å². The smallest absolute Gasteiger partial charge is 0.0352 e. The van der Waals surface area contributed by atoms with Crippen LogP contribution < -0.4 is 0 Å². The molecule has 0 aromatic heterocycles. The van der Waals surface area contributed by atoms with Crippen molar-refractivity contribution in [2.45, 2.75) is 65.2 Å². The van der Waals surface area contributed by atoms with Crippen LogP contribution in [0.2, 0.25) is 0 Å². The van der Waals surface area contributed by atoms with Gasteiger partial charge in [-0.25, -0.2) is 0 Å².